The molecule has 2 aromatic rings. The van der Waals surface area contributed by atoms with Crippen LogP contribution in [0.4, 0.5) is 17.6 Å². The molecular weight excluding hydrogens is 260 g/mol. The van der Waals surface area contributed by atoms with Crippen LogP contribution in [-0.2, 0) is 0 Å². The number of H-pyrrole nitrogens is 1. The number of nitrogens with zero attached hydrogens (tertiary/aromatic N) is 1. The molecule has 0 aliphatic rings. The van der Waals surface area contributed by atoms with Crippen molar-refractivity contribution in [2.24, 2.45) is 0 Å². The van der Waals surface area contributed by atoms with E-state index in [2.05, 4.69) is 9.97 Å². The number of hydrogen-bond donors (Lipinski definition) is 1. The molecule has 0 saturated carbocycles. The van der Waals surface area contributed by atoms with Crippen molar-refractivity contribution in [1.29, 1.82) is 0 Å². The molecule has 1 N–H and O–H groups in total. The summed E-state index contributed by atoms with van der Waals surface area (Å²) >= 11 is 0. The van der Waals surface area contributed by atoms with E-state index >= 15 is 0 Å². The Morgan fingerprint density at radius 3 is 2.11 bits per heavy atom. The molecule has 19 heavy (non-hydrogen) atoms. The first-order chi connectivity index (χ1) is 8.84. The van der Waals surface area contributed by atoms with Gasteiger partial charge in [0.1, 0.15) is 5.82 Å². The third-order valence-electron chi connectivity index (χ3n) is 2.91. The zero-order chi connectivity index (χ0) is 14.3. The molecule has 2 nitrogen and oxygen atoms in total. The van der Waals surface area contributed by atoms with Gasteiger partial charge in [-0.3, -0.25) is 0 Å². The van der Waals surface area contributed by atoms with Gasteiger partial charge in [0.25, 0.3) is 0 Å². The van der Waals surface area contributed by atoms with Gasteiger partial charge in [0, 0.05) is 17.0 Å². The third-order valence-corrected chi connectivity index (χ3v) is 2.91. The maximum absolute atomic E-state index is 13.8. The van der Waals surface area contributed by atoms with Gasteiger partial charge in [-0.25, -0.2) is 22.5 Å². The Bertz CT molecular complexity index is 603. The number of rotatable bonds is 2. The van der Waals surface area contributed by atoms with Gasteiger partial charge in [-0.05, 0) is 6.92 Å². The fraction of sp³-hybridized carbons (Fsp3) is 0.308. The lowest BCUT2D eigenvalue weighted by atomic mass is 10.0. The van der Waals surface area contributed by atoms with E-state index in [1.807, 2.05) is 13.8 Å². The number of halogens is 4. The second-order valence-electron chi connectivity index (χ2n) is 4.59. The molecule has 102 valence electrons. The van der Waals surface area contributed by atoms with Gasteiger partial charge in [0.15, 0.2) is 23.3 Å². The zero-order valence-corrected chi connectivity index (χ0v) is 10.6. The number of aromatic amines is 1. The van der Waals surface area contributed by atoms with E-state index in [-0.39, 0.29) is 22.7 Å². The van der Waals surface area contributed by atoms with E-state index in [4.69, 9.17) is 0 Å². The fourth-order valence-corrected chi connectivity index (χ4v) is 1.82. The van der Waals surface area contributed by atoms with Crippen LogP contribution in [0.3, 0.4) is 0 Å². The summed E-state index contributed by atoms with van der Waals surface area (Å²) in [7, 11) is 0. The lowest BCUT2D eigenvalue weighted by Gasteiger charge is -2.09. The molecule has 0 fully saturated rings. The SMILES string of the molecule is Cc1c(F)c(F)c(F)c(F)c1-c1cnc(C(C)C)[nH]1. The predicted molar refractivity (Wildman–Crippen MR) is 62.7 cm³/mol. The molecule has 0 aliphatic carbocycles. The number of imidazole rings is 1. The first-order valence-electron chi connectivity index (χ1n) is 5.72. The van der Waals surface area contributed by atoms with Crippen molar-refractivity contribution in [2.75, 3.05) is 0 Å². The average Bonchev–Trinajstić information content (AvgIpc) is 2.84. The highest BCUT2D eigenvalue weighted by Crippen LogP contribution is 2.31. The smallest absolute Gasteiger partial charge is 0.198 e. The van der Waals surface area contributed by atoms with E-state index in [1.54, 1.807) is 0 Å². The summed E-state index contributed by atoms with van der Waals surface area (Å²) in [6.45, 7) is 4.90. The Morgan fingerprint density at radius 1 is 1.00 bits per heavy atom. The van der Waals surface area contributed by atoms with Gasteiger partial charge in [0.2, 0.25) is 0 Å². The molecule has 0 bridgehead atoms. The Kier molecular flexibility index (Phi) is 3.34. The van der Waals surface area contributed by atoms with Gasteiger partial charge in [0.05, 0.1) is 11.9 Å². The van der Waals surface area contributed by atoms with Crippen molar-refractivity contribution in [3.05, 3.63) is 40.9 Å². The molecule has 0 amide bonds. The lowest BCUT2D eigenvalue weighted by Crippen LogP contribution is -2.03. The normalized spacial score (nSPS) is 11.4. The summed E-state index contributed by atoms with van der Waals surface area (Å²) in [5.74, 6) is -5.84. The van der Waals surface area contributed by atoms with E-state index in [1.165, 1.54) is 13.1 Å². The molecule has 1 aromatic heterocycles. The van der Waals surface area contributed by atoms with Crippen LogP contribution in [0, 0.1) is 30.2 Å². The van der Waals surface area contributed by atoms with E-state index in [9.17, 15) is 17.6 Å². The molecule has 0 saturated heterocycles. The van der Waals surface area contributed by atoms with Gasteiger partial charge in [-0.1, -0.05) is 13.8 Å². The summed E-state index contributed by atoms with van der Waals surface area (Å²) < 4.78 is 53.6. The Hall–Kier alpha value is -1.85. The van der Waals surface area contributed by atoms with Crippen LogP contribution in [0.2, 0.25) is 0 Å². The van der Waals surface area contributed by atoms with Crippen LogP contribution < -0.4 is 0 Å². The van der Waals surface area contributed by atoms with Crippen LogP contribution >= 0.6 is 0 Å². The van der Waals surface area contributed by atoms with Crippen LogP contribution in [0.25, 0.3) is 11.3 Å². The molecule has 0 spiro atoms. The van der Waals surface area contributed by atoms with Crippen LogP contribution in [0.15, 0.2) is 6.20 Å². The maximum Gasteiger partial charge on any atom is 0.198 e. The minimum absolute atomic E-state index is 0.0484. The number of hydrogen-bond acceptors (Lipinski definition) is 1. The predicted octanol–water partition coefficient (Wildman–Crippen LogP) is 4.06. The van der Waals surface area contributed by atoms with Crippen LogP contribution in [0.1, 0.15) is 31.2 Å². The summed E-state index contributed by atoms with van der Waals surface area (Å²) in [5, 5.41) is 0. The number of nitrogens with one attached hydrogen (secondary N) is 1. The van der Waals surface area contributed by atoms with Crippen molar-refractivity contribution in [1.82, 2.24) is 9.97 Å². The molecule has 0 radical (unpaired) electrons. The standard InChI is InChI=1S/C13H12F4N2/c1-5(2)13-18-4-7(19-13)8-6(3)9(14)11(16)12(17)10(8)15/h4-5H,1-3H3,(H,18,19). The Labute approximate surface area is 107 Å². The summed E-state index contributed by atoms with van der Waals surface area (Å²) in [4.78, 5) is 6.77. The largest absolute Gasteiger partial charge is 0.342 e. The van der Waals surface area contributed by atoms with Crippen molar-refractivity contribution in [3.8, 4) is 11.3 Å². The molecule has 1 heterocycles. The van der Waals surface area contributed by atoms with Crippen molar-refractivity contribution < 1.29 is 17.6 Å². The number of aromatic nitrogens is 2. The summed E-state index contributed by atoms with van der Waals surface area (Å²) in [5.41, 5.74) is -0.511. The second kappa shape index (κ2) is 4.68. The van der Waals surface area contributed by atoms with Crippen molar-refractivity contribution >= 4 is 0 Å². The third kappa shape index (κ3) is 2.11. The Balaban J connectivity index is 2.68. The van der Waals surface area contributed by atoms with Gasteiger partial charge in [-0.15, -0.1) is 0 Å². The van der Waals surface area contributed by atoms with Crippen molar-refractivity contribution in [3.63, 3.8) is 0 Å². The first kappa shape index (κ1) is 13.6. The quantitative estimate of drug-likeness (QED) is 0.498. The highest BCUT2D eigenvalue weighted by molar-refractivity contribution is 5.64. The highest BCUT2D eigenvalue weighted by atomic mass is 19.2. The molecule has 2 rings (SSSR count). The second-order valence-corrected chi connectivity index (χ2v) is 4.59. The first-order valence-corrected chi connectivity index (χ1v) is 5.72. The summed E-state index contributed by atoms with van der Waals surface area (Å²) in [6, 6.07) is 0. The minimum atomic E-state index is -1.82. The van der Waals surface area contributed by atoms with Crippen LogP contribution in [0.5, 0.6) is 0 Å². The monoisotopic (exact) mass is 272 g/mol. The fourth-order valence-electron chi connectivity index (χ4n) is 1.82. The van der Waals surface area contributed by atoms with E-state index < -0.39 is 23.3 Å². The summed E-state index contributed by atoms with van der Waals surface area (Å²) in [6.07, 6.45) is 1.28. The maximum atomic E-state index is 13.8. The molecule has 6 heteroatoms. The minimum Gasteiger partial charge on any atom is -0.342 e. The molecule has 1 aromatic carbocycles. The zero-order valence-electron chi connectivity index (χ0n) is 10.6. The average molecular weight is 272 g/mol. The molecule has 0 unspecified atom stereocenters. The van der Waals surface area contributed by atoms with Crippen LogP contribution in [-0.4, -0.2) is 9.97 Å². The lowest BCUT2D eigenvalue weighted by molar-refractivity contribution is 0.407. The molecule has 0 atom stereocenters. The molecular formula is C13H12F4N2. The Morgan fingerprint density at radius 2 is 1.58 bits per heavy atom. The van der Waals surface area contributed by atoms with Gasteiger partial charge in [-0.2, -0.15) is 0 Å². The highest BCUT2D eigenvalue weighted by Gasteiger charge is 2.25. The molecule has 0 aliphatic heterocycles. The van der Waals surface area contributed by atoms with E-state index in [0.717, 1.165) is 0 Å². The van der Waals surface area contributed by atoms with Crippen molar-refractivity contribution in [2.45, 2.75) is 26.7 Å². The topological polar surface area (TPSA) is 28.7 Å². The van der Waals surface area contributed by atoms with Gasteiger partial charge < -0.3 is 4.98 Å². The number of benzene rings is 1. The van der Waals surface area contributed by atoms with E-state index in [0.29, 0.717) is 5.82 Å². The van der Waals surface area contributed by atoms with Gasteiger partial charge >= 0.3 is 0 Å².